The smallest absolute Gasteiger partial charge is 0.153 e. The molecule has 7 heteroatoms. The number of aromatic nitrogens is 3. The second kappa shape index (κ2) is 5.35. The van der Waals surface area contributed by atoms with Crippen LogP contribution in [0.1, 0.15) is 29.5 Å². The molecule has 0 N–H and O–H groups in total. The van der Waals surface area contributed by atoms with Gasteiger partial charge in [-0.05, 0) is 13.8 Å². The van der Waals surface area contributed by atoms with E-state index in [0.717, 1.165) is 16.8 Å². The second-order valence-electron chi connectivity index (χ2n) is 4.79. The SMILES string of the molecule is Cc1csc(C(C)n2c(CCl)nc3c(F)cc(F)cc32)n1. The van der Waals surface area contributed by atoms with Gasteiger partial charge in [-0.15, -0.1) is 22.9 Å². The Hall–Kier alpha value is -1.53. The number of hydrogen-bond acceptors (Lipinski definition) is 3. The maximum atomic E-state index is 13.9. The van der Waals surface area contributed by atoms with Gasteiger partial charge in [0.1, 0.15) is 22.2 Å². The Bertz CT molecular complexity index is 812. The van der Waals surface area contributed by atoms with Crippen molar-refractivity contribution in [1.29, 1.82) is 0 Å². The molecule has 0 bridgehead atoms. The zero-order valence-corrected chi connectivity index (χ0v) is 13.0. The highest BCUT2D eigenvalue weighted by Gasteiger charge is 2.21. The topological polar surface area (TPSA) is 30.7 Å². The lowest BCUT2D eigenvalue weighted by atomic mass is 10.2. The Morgan fingerprint density at radius 2 is 2.10 bits per heavy atom. The summed E-state index contributed by atoms with van der Waals surface area (Å²) < 4.78 is 29.2. The molecule has 21 heavy (non-hydrogen) atoms. The summed E-state index contributed by atoms with van der Waals surface area (Å²) in [5.74, 6) is -0.705. The van der Waals surface area contributed by atoms with Crippen molar-refractivity contribution in [1.82, 2.24) is 14.5 Å². The number of rotatable bonds is 3. The Morgan fingerprint density at radius 1 is 1.33 bits per heavy atom. The largest absolute Gasteiger partial charge is 0.317 e. The standard InChI is InChI=1S/C14H12ClF2N3S/c1-7-6-21-14(18-7)8(2)20-11-4-9(16)3-10(17)13(11)19-12(20)5-15/h3-4,6,8H,5H2,1-2H3. The third-order valence-corrected chi connectivity index (χ3v) is 4.66. The van der Waals surface area contributed by atoms with Crippen LogP contribution in [0.25, 0.3) is 11.0 Å². The molecule has 0 aliphatic heterocycles. The first-order valence-electron chi connectivity index (χ1n) is 6.35. The van der Waals surface area contributed by atoms with Gasteiger partial charge in [0.25, 0.3) is 0 Å². The van der Waals surface area contributed by atoms with Crippen LogP contribution in [0.4, 0.5) is 8.78 Å². The second-order valence-corrected chi connectivity index (χ2v) is 5.95. The summed E-state index contributed by atoms with van der Waals surface area (Å²) in [4.78, 5) is 8.62. The van der Waals surface area contributed by atoms with Crippen LogP contribution in [-0.4, -0.2) is 14.5 Å². The summed E-state index contributed by atoms with van der Waals surface area (Å²) in [6, 6.07) is 1.91. The predicted octanol–water partition coefficient (Wildman–Crippen LogP) is 4.43. The summed E-state index contributed by atoms with van der Waals surface area (Å²) >= 11 is 7.42. The van der Waals surface area contributed by atoms with E-state index in [1.54, 1.807) is 4.57 Å². The van der Waals surface area contributed by atoms with Gasteiger partial charge >= 0.3 is 0 Å². The zero-order valence-electron chi connectivity index (χ0n) is 11.4. The van der Waals surface area contributed by atoms with Crippen molar-refractivity contribution in [3.8, 4) is 0 Å². The number of alkyl halides is 1. The van der Waals surface area contributed by atoms with Gasteiger partial charge in [0.2, 0.25) is 0 Å². The van der Waals surface area contributed by atoms with E-state index in [9.17, 15) is 8.78 Å². The highest BCUT2D eigenvalue weighted by molar-refractivity contribution is 7.09. The van der Waals surface area contributed by atoms with E-state index in [1.807, 2.05) is 19.2 Å². The normalized spacial score (nSPS) is 13.0. The van der Waals surface area contributed by atoms with Gasteiger partial charge < -0.3 is 4.57 Å². The number of nitrogens with zero attached hydrogens (tertiary/aromatic N) is 3. The fourth-order valence-corrected chi connectivity index (χ4v) is 3.40. The first-order valence-corrected chi connectivity index (χ1v) is 7.76. The third-order valence-electron chi connectivity index (χ3n) is 3.29. The molecule has 3 aromatic rings. The van der Waals surface area contributed by atoms with Crippen LogP contribution in [-0.2, 0) is 5.88 Å². The summed E-state index contributed by atoms with van der Waals surface area (Å²) in [5.41, 5.74) is 1.44. The minimum absolute atomic E-state index is 0.116. The van der Waals surface area contributed by atoms with Gasteiger partial charge in [-0.3, -0.25) is 0 Å². The monoisotopic (exact) mass is 327 g/mol. The number of imidazole rings is 1. The summed E-state index contributed by atoms with van der Waals surface area (Å²) in [6.45, 7) is 3.82. The first-order chi connectivity index (χ1) is 10.0. The molecule has 0 saturated heterocycles. The predicted molar refractivity (Wildman–Crippen MR) is 79.9 cm³/mol. The van der Waals surface area contributed by atoms with E-state index in [0.29, 0.717) is 11.3 Å². The van der Waals surface area contributed by atoms with E-state index < -0.39 is 11.6 Å². The lowest BCUT2D eigenvalue weighted by Gasteiger charge is -2.14. The summed E-state index contributed by atoms with van der Waals surface area (Å²) in [7, 11) is 0. The molecular weight excluding hydrogens is 316 g/mol. The Labute approximate surface area is 129 Å². The lowest BCUT2D eigenvalue weighted by molar-refractivity contribution is 0.588. The fourth-order valence-electron chi connectivity index (χ4n) is 2.37. The van der Waals surface area contributed by atoms with E-state index in [-0.39, 0.29) is 17.4 Å². The van der Waals surface area contributed by atoms with E-state index >= 15 is 0 Å². The fraction of sp³-hybridized carbons (Fsp3) is 0.286. The molecule has 0 aliphatic rings. The van der Waals surface area contributed by atoms with Crippen LogP contribution >= 0.6 is 22.9 Å². The van der Waals surface area contributed by atoms with Crippen molar-refractivity contribution >= 4 is 34.0 Å². The van der Waals surface area contributed by atoms with Crippen molar-refractivity contribution in [2.75, 3.05) is 0 Å². The molecule has 2 aromatic heterocycles. The number of aryl methyl sites for hydroxylation is 1. The summed E-state index contributed by atoms with van der Waals surface area (Å²) in [6.07, 6.45) is 0. The Kier molecular flexibility index (Phi) is 3.67. The van der Waals surface area contributed by atoms with Gasteiger partial charge in [-0.25, -0.2) is 18.7 Å². The van der Waals surface area contributed by atoms with Crippen LogP contribution in [0, 0.1) is 18.6 Å². The van der Waals surface area contributed by atoms with Crippen LogP contribution in [0.15, 0.2) is 17.5 Å². The van der Waals surface area contributed by atoms with Crippen molar-refractivity contribution < 1.29 is 8.78 Å². The van der Waals surface area contributed by atoms with Gasteiger partial charge in [0.15, 0.2) is 5.82 Å². The molecule has 0 fully saturated rings. The van der Waals surface area contributed by atoms with Crippen molar-refractivity contribution in [2.24, 2.45) is 0 Å². The molecule has 0 aliphatic carbocycles. The molecule has 1 atom stereocenters. The van der Waals surface area contributed by atoms with Crippen LogP contribution < -0.4 is 0 Å². The number of halogens is 3. The maximum Gasteiger partial charge on any atom is 0.153 e. The highest BCUT2D eigenvalue weighted by atomic mass is 35.5. The molecule has 0 saturated carbocycles. The molecule has 0 radical (unpaired) electrons. The number of thiazole rings is 1. The molecule has 1 unspecified atom stereocenters. The van der Waals surface area contributed by atoms with Crippen LogP contribution in [0.3, 0.4) is 0 Å². The summed E-state index contributed by atoms with van der Waals surface area (Å²) in [5, 5.41) is 2.79. The number of fused-ring (bicyclic) bond motifs is 1. The molecule has 0 amide bonds. The van der Waals surface area contributed by atoms with E-state index in [4.69, 9.17) is 11.6 Å². The van der Waals surface area contributed by atoms with Gasteiger partial charge in [-0.1, -0.05) is 0 Å². The Morgan fingerprint density at radius 3 is 2.71 bits per heavy atom. The van der Waals surface area contributed by atoms with Crippen molar-refractivity contribution in [3.63, 3.8) is 0 Å². The lowest BCUT2D eigenvalue weighted by Crippen LogP contribution is -2.10. The molecular formula is C14H12ClF2N3S. The van der Waals surface area contributed by atoms with Gasteiger partial charge in [0, 0.05) is 23.2 Å². The Balaban J connectivity index is 2.25. The highest BCUT2D eigenvalue weighted by Crippen LogP contribution is 2.30. The third kappa shape index (κ3) is 2.42. The van der Waals surface area contributed by atoms with Crippen molar-refractivity contribution in [3.05, 3.63) is 45.7 Å². The van der Waals surface area contributed by atoms with E-state index in [1.165, 1.54) is 17.4 Å². The number of benzene rings is 1. The molecule has 3 rings (SSSR count). The average Bonchev–Trinajstić information content (AvgIpc) is 3.01. The minimum Gasteiger partial charge on any atom is -0.317 e. The molecule has 0 spiro atoms. The minimum atomic E-state index is -0.683. The van der Waals surface area contributed by atoms with Crippen LogP contribution in [0.5, 0.6) is 0 Å². The van der Waals surface area contributed by atoms with E-state index in [2.05, 4.69) is 9.97 Å². The van der Waals surface area contributed by atoms with Crippen LogP contribution in [0.2, 0.25) is 0 Å². The quantitative estimate of drug-likeness (QED) is 0.666. The molecule has 110 valence electrons. The zero-order chi connectivity index (χ0) is 15.1. The maximum absolute atomic E-state index is 13.9. The molecule has 1 aromatic carbocycles. The average molecular weight is 328 g/mol. The molecule has 3 nitrogen and oxygen atoms in total. The van der Waals surface area contributed by atoms with Gasteiger partial charge in [-0.2, -0.15) is 0 Å². The van der Waals surface area contributed by atoms with Crippen molar-refractivity contribution in [2.45, 2.75) is 25.8 Å². The first kappa shape index (κ1) is 14.4. The molecule has 2 heterocycles. The number of hydrogen-bond donors (Lipinski definition) is 0. The van der Waals surface area contributed by atoms with Gasteiger partial charge in [0.05, 0.1) is 17.4 Å².